The Morgan fingerprint density at radius 1 is 1.13 bits per heavy atom. The fourth-order valence-electron chi connectivity index (χ4n) is 4.32. The predicted molar refractivity (Wildman–Crippen MR) is 111 cm³/mol. The molecule has 0 atom stereocenters. The fourth-order valence-corrected chi connectivity index (χ4v) is 5.78. The third kappa shape index (κ3) is 4.78. The molecule has 0 amide bonds. The Hall–Kier alpha value is -2.13. The van der Waals surface area contributed by atoms with Gasteiger partial charge in [-0.3, -0.25) is 0 Å². The molecule has 2 aromatic rings. The van der Waals surface area contributed by atoms with Crippen LogP contribution in [-0.2, 0) is 28.6 Å². The van der Waals surface area contributed by atoms with Crippen LogP contribution in [0.4, 0.5) is 14.6 Å². The third-order valence-electron chi connectivity index (χ3n) is 5.77. The molecule has 4 rings (SSSR count). The molecule has 6 nitrogen and oxygen atoms in total. The summed E-state index contributed by atoms with van der Waals surface area (Å²) in [7, 11) is -3.78. The second-order valence-electron chi connectivity index (χ2n) is 8.10. The van der Waals surface area contributed by atoms with Crippen LogP contribution in [0.2, 0.25) is 0 Å². The molecule has 1 aliphatic heterocycles. The normalized spacial score (nSPS) is 17.8. The first-order valence-electron chi connectivity index (χ1n) is 10.4. The number of sulfonamides is 1. The van der Waals surface area contributed by atoms with E-state index in [1.165, 1.54) is 5.56 Å². The maximum Gasteiger partial charge on any atom is 0.216 e. The van der Waals surface area contributed by atoms with Gasteiger partial charge in [-0.2, -0.15) is 0 Å². The van der Waals surface area contributed by atoms with Crippen molar-refractivity contribution in [2.75, 3.05) is 18.0 Å². The Bertz CT molecular complexity index is 1040. The van der Waals surface area contributed by atoms with Gasteiger partial charge in [-0.1, -0.05) is 0 Å². The molecule has 1 aliphatic carbocycles. The van der Waals surface area contributed by atoms with E-state index in [9.17, 15) is 17.2 Å². The van der Waals surface area contributed by atoms with Crippen LogP contribution in [0.3, 0.4) is 0 Å². The molecule has 0 spiro atoms. The van der Waals surface area contributed by atoms with Crippen LogP contribution >= 0.6 is 0 Å². The molecule has 0 unspecified atom stereocenters. The number of rotatable bonds is 5. The molecule has 1 fully saturated rings. The first kappa shape index (κ1) is 21.1. The second-order valence-corrected chi connectivity index (χ2v) is 9.85. The van der Waals surface area contributed by atoms with Crippen molar-refractivity contribution in [3.8, 4) is 0 Å². The van der Waals surface area contributed by atoms with E-state index < -0.39 is 27.4 Å². The van der Waals surface area contributed by atoms with Crippen LogP contribution in [0, 0.1) is 18.6 Å². The van der Waals surface area contributed by atoms with Crippen LogP contribution in [-0.4, -0.2) is 37.5 Å². The molecule has 1 saturated heterocycles. The molecule has 9 heteroatoms. The number of aryl methyl sites for hydroxylation is 2. The van der Waals surface area contributed by atoms with Gasteiger partial charge in [0.25, 0.3) is 0 Å². The zero-order valence-electron chi connectivity index (χ0n) is 17.0. The Morgan fingerprint density at radius 2 is 1.87 bits per heavy atom. The van der Waals surface area contributed by atoms with Gasteiger partial charge in [0, 0.05) is 36.0 Å². The van der Waals surface area contributed by atoms with Gasteiger partial charge in [-0.05, 0) is 63.6 Å². The standard InChI is InChI=1S/C21H26F2N4O2S/c1-14-24-20-5-3-2-4-18(20)21(25-14)27-10-8-17(9-11-27)26-30(28,29)13-15-12-16(22)6-7-19(15)23/h6-7,12,17,26H,2-5,8-11,13H2,1H3. The molecular formula is C21H26F2N4O2S. The smallest absolute Gasteiger partial charge is 0.216 e. The van der Waals surface area contributed by atoms with Crippen LogP contribution < -0.4 is 9.62 Å². The largest absolute Gasteiger partial charge is 0.356 e. The number of hydrogen-bond donors (Lipinski definition) is 1. The van der Waals surface area contributed by atoms with Gasteiger partial charge in [0.1, 0.15) is 23.3 Å². The molecule has 1 aromatic heterocycles. The van der Waals surface area contributed by atoms with Gasteiger partial charge in [0.15, 0.2) is 0 Å². The Labute approximate surface area is 175 Å². The van der Waals surface area contributed by atoms with Crippen LogP contribution in [0.25, 0.3) is 0 Å². The Balaban J connectivity index is 1.40. The van der Waals surface area contributed by atoms with Gasteiger partial charge >= 0.3 is 0 Å². The maximum atomic E-state index is 13.8. The van der Waals surface area contributed by atoms with E-state index in [-0.39, 0.29) is 11.6 Å². The molecule has 2 aliphatic rings. The van der Waals surface area contributed by atoms with Crippen molar-refractivity contribution in [3.05, 3.63) is 52.5 Å². The third-order valence-corrected chi connectivity index (χ3v) is 7.15. The number of nitrogens with one attached hydrogen (secondary N) is 1. The van der Waals surface area contributed by atoms with Crippen molar-refractivity contribution in [2.45, 2.75) is 57.2 Å². The van der Waals surface area contributed by atoms with E-state index in [0.29, 0.717) is 25.9 Å². The highest BCUT2D eigenvalue weighted by atomic mass is 32.2. The summed E-state index contributed by atoms with van der Waals surface area (Å²) in [5.41, 5.74) is 2.21. The van der Waals surface area contributed by atoms with Crippen LogP contribution in [0.15, 0.2) is 18.2 Å². The summed E-state index contributed by atoms with van der Waals surface area (Å²) < 4.78 is 54.8. The van der Waals surface area contributed by atoms with Gasteiger partial charge in [0.2, 0.25) is 10.0 Å². The highest BCUT2D eigenvalue weighted by Gasteiger charge is 2.28. The van der Waals surface area contributed by atoms with E-state index in [1.807, 2.05) is 6.92 Å². The topological polar surface area (TPSA) is 75.2 Å². The van der Waals surface area contributed by atoms with E-state index in [0.717, 1.165) is 61.2 Å². The minimum Gasteiger partial charge on any atom is -0.356 e. The molecule has 162 valence electrons. The van der Waals surface area contributed by atoms with E-state index in [1.54, 1.807) is 0 Å². The van der Waals surface area contributed by atoms with Crippen molar-refractivity contribution < 1.29 is 17.2 Å². The van der Waals surface area contributed by atoms with Crippen molar-refractivity contribution in [1.29, 1.82) is 0 Å². The average molecular weight is 437 g/mol. The molecular weight excluding hydrogens is 410 g/mol. The number of hydrogen-bond acceptors (Lipinski definition) is 5. The second kappa shape index (κ2) is 8.55. The zero-order chi connectivity index (χ0) is 21.3. The number of nitrogens with zero attached hydrogens (tertiary/aromatic N) is 3. The zero-order valence-corrected chi connectivity index (χ0v) is 17.8. The highest BCUT2D eigenvalue weighted by molar-refractivity contribution is 7.88. The number of benzene rings is 1. The van der Waals surface area contributed by atoms with Gasteiger partial charge in [0.05, 0.1) is 5.75 Å². The molecule has 0 radical (unpaired) electrons. The van der Waals surface area contributed by atoms with Crippen molar-refractivity contribution in [1.82, 2.24) is 14.7 Å². The summed E-state index contributed by atoms with van der Waals surface area (Å²) in [4.78, 5) is 11.5. The quantitative estimate of drug-likeness (QED) is 0.780. The molecule has 2 heterocycles. The monoisotopic (exact) mass is 436 g/mol. The molecule has 0 bridgehead atoms. The summed E-state index contributed by atoms with van der Waals surface area (Å²) in [5.74, 6) is -0.195. The van der Waals surface area contributed by atoms with Gasteiger partial charge in [-0.25, -0.2) is 31.9 Å². The van der Waals surface area contributed by atoms with Crippen LogP contribution in [0.5, 0.6) is 0 Å². The van der Waals surface area contributed by atoms with Crippen molar-refractivity contribution in [3.63, 3.8) is 0 Å². The lowest BCUT2D eigenvalue weighted by molar-refractivity contribution is 0.456. The summed E-state index contributed by atoms with van der Waals surface area (Å²) >= 11 is 0. The summed E-state index contributed by atoms with van der Waals surface area (Å²) in [6, 6.07) is 2.62. The number of aromatic nitrogens is 2. The molecule has 30 heavy (non-hydrogen) atoms. The number of fused-ring (bicyclic) bond motifs is 1. The Morgan fingerprint density at radius 3 is 2.63 bits per heavy atom. The summed E-state index contributed by atoms with van der Waals surface area (Å²) in [6.45, 7) is 3.28. The van der Waals surface area contributed by atoms with Gasteiger partial charge < -0.3 is 4.90 Å². The lowest BCUT2D eigenvalue weighted by Gasteiger charge is -2.35. The van der Waals surface area contributed by atoms with Crippen LogP contribution in [0.1, 0.15) is 48.3 Å². The SMILES string of the molecule is Cc1nc2c(c(N3CCC(NS(=O)(=O)Cc4cc(F)ccc4F)CC3)n1)CCCC2. The average Bonchev–Trinajstić information content (AvgIpc) is 2.70. The van der Waals surface area contributed by atoms with E-state index in [4.69, 9.17) is 0 Å². The minimum atomic E-state index is -3.78. The lowest BCUT2D eigenvalue weighted by Crippen LogP contribution is -2.45. The van der Waals surface area contributed by atoms with E-state index >= 15 is 0 Å². The summed E-state index contributed by atoms with van der Waals surface area (Å²) in [5, 5.41) is 0. The highest BCUT2D eigenvalue weighted by Crippen LogP contribution is 2.30. The molecule has 1 aromatic carbocycles. The number of anilines is 1. The minimum absolute atomic E-state index is 0.164. The molecule has 0 saturated carbocycles. The number of halogens is 2. The summed E-state index contributed by atoms with van der Waals surface area (Å²) in [6.07, 6.45) is 5.51. The number of piperidine rings is 1. The van der Waals surface area contributed by atoms with Gasteiger partial charge in [-0.15, -0.1) is 0 Å². The van der Waals surface area contributed by atoms with Crippen molar-refractivity contribution >= 4 is 15.8 Å². The fraction of sp³-hybridized carbons (Fsp3) is 0.524. The van der Waals surface area contributed by atoms with E-state index in [2.05, 4.69) is 19.6 Å². The maximum absolute atomic E-state index is 13.8. The first-order chi connectivity index (χ1) is 14.3. The molecule has 1 N–H and O–H groups in total. The predicted octanol–water partition coefficient (Wildman–Crippen LogP) is 3.03. The Kier molecular flexibility index (Phi) is 6.02. The lowest BCUT2D eigenvalue weighted by atomic mass is 9.95. The van der Waals surface area contributed by atoms with Crippen molar-refractivity contribution in [2.24, 2.45) is 0 Å². The first-order valence-corrected chi connectivity index (χ1v) is 12.0.